The first-order chi connectivity index (χ1) is 8.19. The lowest BCUT2D eigenvalue weighted by molar-refractivity contribution is 0.482. The van der Waals surface area contributed by atoms with Crippen molar-refractivity contribution in [1.82, 2.24) is 15.5 Å². The molecule has 0 radical (unpaired) electrons. The van der Waals surface area contributed by atoms with Gasteiger partial charge in [-0.1, -0.05) is 24.1 Å². The molecule has 0 fully saturated rings. The normalized spacial score (nSPS) is 10.8. The van der Waals surface area contributed by atoms with Crippen LogP contribution >= 0.6 is 0 Å². The molecule has 0 aliphatic carbocycles. The molecule has 1 heterocycles. The molecule has 2 rings (SSSR count). The van der Waals surface area contributed by atoms with Gasteiger partial charge in [0.05, 0.1) is 6.54 Å². The third-order valence-corrected chi connectivity index (χ3v) is 2.46. The van der Waals surface area contributed by atoms with E-state index >= 15 is 0 Å². The van der Waals surface area contributed by atoms with Crippen LogP contribution in [0.3, 0.4) is 0 Å². The van der Waals surface area contributed by atoms with Crippen LogP contribution in [0.25, 0.3) is 11.5 Å². The van der Waals surface area contributed by atoms with E-state index in [-0.39, 0.29) is 0 Å². The maximum atomic E-state index is 5.60. The van der Waals surface area contributed by atoms with Gasteiger partial charge in [0.1, 0.15) is 0 Å². The summed E-state index contributed by atoms with van der Waals surface area (Å²) in [5.74, 6) is 1.21. The fourth-order valence-corrected chi connectivity index (χ4v) is 1.77. The molecule has 0 bridgehead atoms. The first-order valence-corrected chi connectivity index (χ1v) is 5.81. The van der Waals surface area contributed by atoms with Crippen LogP contribution < -0.4 is 5.32 Å². The molecule has 0 saturated carbocycles. The molecule has 2 aromatic rings. The van der Waals surface area contributed by atoms with Gasteiger partial charge in [0, 0.05) is 5.56 Å². The van der Waals surface area contributed by atoms with E-state index in [0.29, 0.717) is 18.3 Å². The average molecular weight is 231 g/mol. The fraction of sp³-hybridized carbons (Fsp3) is 0.385. The molecule has 0 unspecified atom stereocenters. The highest BCUT2D eigenvalue weighted by atomic mass is 16.4. The minimum absolute atomic E-state index is 0.588. The summed E-state index contributed by atoms with van der Waals surface area (Å²) < 4.78 is 5.60. The molecule has 90 valence electrons. The van der Waals surface area contributed by atoms with Gasteiger partial charge >= 0.3 is 0 Å². The van der Waals surface area contributed by atoms with Crippen molar-refractivity contribution in [2.75, 3.05) is 6.54 Å². The molecule has 0 saturated heterocycles. The van der Waals surface area contributed by atoms with Crippen molar-refractivity contribution in [2.24, 2.45) is 0 Å². The Morgan fingerprint density at radius 2 is 1.82 bits per heavy atom. The molecule has 1 N–H and O–H groups in total. The Bertz CT molecular complexity index is 485. The number of benzene rings is 1. The van der Waals surface area contributed by atoms with Gasteiger partial charge < -0.3 is 9.73 Å². The van der Waals surface area contributed by atoms with Crippen molar-refractivity contribution in [1.29, 1.82) is 0 Å². The highest BCUT2D eigenvalue weighted by molar-refractivity contribution is 5.55. The number of aromatic nitrogens is 2. The lowest BCUT2D eigenvalue weighted by atomic mass is 10.1. The van der Waals surface area contributed by atoms with E-state index in [9.17, 15) is 0 Å². The highest BCUT2D eigenvalue weighted by Gasteiger charge is 2.08. The van der Waals surface area contributed by atoms with Crippen LogP contribution in [-0.4, -0.2) is 16.7 Å². The van der Waals surface area contributed by atoms with Crippen LogP contribution in [0.15, 0.2) is 22.6 Å². The SMILES string of the molecule is CCNCc1nnc(-c2cc(C)cc(C)c2)o1. The number of hydrogen-bond acceptors (Lipinski definition) is 4. The Morgan fingerprint density at radius 3 is 2.47 bits per heavy atom. The van der Waals surface area contributed by atoms with Crippen LogP contribution in [0, 0.1) is 13.8 Å². The van der Waals surface area contributed by atoms with E-state index in [2.05, 4.69) is 47.6 Å². The monoisotopic (exact) mass is 231 g/mol. The molecule has 0 amide bonds. The van der Waals surface area contributed by atoms with Crippen molar-refractivity contribution in [3.05, 3.63) is 35.2 Å². The van der Waals surface area contributed by atoms with Crippen molar-refractivity contribution in [3.8, 4) is 11.5 Å². The van der Waals surface area contributed by atoms with Crippen LogP contribution in [0.4, 0.5) is 0 Å². The number of aryl methyl sites for hydroxylation is 2. The lowest BCUT2D eigenvalue weighted by Gasteiger charge is -2.00. The van der Waals surface area contributed by atoms with E-state index in [4.69, 9.17) is 4.42 Å². The summed E-state index contributed by atoms with van der Waals surface area (Å²) in [6, 6.07) is 6.23. The Hall–Kier alpha value is -1.68. The van der Waals surface area contributed by atoms with E-state index < -0.39 is 0 Å². The second-order valence-corrected chi connectivity index (χ2v) is 4.16. The van der Waals surface area contributed by atoms with Crippen LogP contribution in [0.1, 0.15) is 23.9 Å². The van der Waals surface area contributed by atoms with Gasteiger partial charge in [-0.3, -0.25) is 0 Å². The third-order valence-electron chi connectivity index (χ3n) is 2.46. The molecule has 0 spiro atoms. The fourth-order valence-electron chi connectivity index (χ4n) is 1.77. The average Bonchev–Trinajstić information content (AvgIpc) is 2.73. The van der Waals surface area contributed by atoms with Gasteiger partial charge in [0.15, 0.2) is 0 Å². The Balaban J connectivity index is 2.24. The summed E-state index contributed by atoms with van der Waals surface area (Å²) in [5, 5.41) is 11.2. The quantitative estimate of drug-likeness (QED) is 0.878. The summed E-state index contributed by atoms with van der Waals surface area (Å²) in [5.41, 5.74) is 3.38. The first-order valence-electron chi connectivity index (χ1n) is 5.81. The molecule has 1 aromatic carbocycles. The predicted molar refractivity (Wildman–Crippen MR) is 66.6 cm³/mol. The van der Waals surface area contributed by atoms with E-state index in [1.165, 1.54) is 11.1 Å². The van der Waals surface area contributed by atoms with Gasteiger partial charge in [-0.15, -0.1) is 10.2 Å². The summed E-state index contributed by atoms with van der Waals surface area (Å²) in [4.78, 5) is 0. The van der Waals surface area contributed by atoms with Gasteiger partial charge in [-0.2, -0.15) is 0 Å². The van der Waals surface area contributed by atoms with Crippen molar-refractivity contribution in [3.63, 3.8) is 0 Å². The second-order valence-electron chi connectivity index (χ2n) is 4.16. The highest BCUT2D eigenvalue weighted by Crippen LogP contribution is 2.20. The van der Waals surface area contributed by atoms with Crippen LogP contribution in [-0.2, 0) is 6.54 Å². The van der Waals surface area contributed by atoms with Crippen molar-refractivity contribution < 1.29 is 4.42 Å². The first kappa shape index (κ1) is 11.8. The lowest BCUT2D eigenvalue weighted by Crippen LogP contribution is -2.11. The maximum Gasteiger partial charge on any atom is 0.247 e. The zero-order valence-corrected chi connectivity index (χ0v) is 10.4. The molecule has 4 heteroatoms. The minimum atomic E-state index is 0.588. The topological polar surface area (TPSA) is 51.0 Å². The number of hydrogen-bond donors (Lipinski definition) is 1. The molecule has 17 heavy (non-hydrogen) atoms. The Labute approximate surface area is 101 Å². The number of nitrogens with zero attached hydrogens (tertiary/aromatic N) is 2. The summed E-state index contributed by atoms with van der Waals surface area (Å²) in [6.07, 6.45) is 0. The largest absolute Gasteiger partial charge is 0.419 e. The van der Waals surface area contributed by atoms with E-state index in [1.54, 1.807) is 0 Å². The molecule has 1 aromatic heterocycles. The maximum absolute atomic E-state index is 5.60. The van der Waals surface area contributed by atoms with Gasteiger partial charge in [-0.25, -0.2) is 0 Å². The third kappa shape index (κ3) is 2.91. The molecule has 0 aliphatic rings. The summed E-state index contributed by atoms with van der Waals surface area (Å²) in [7, 11) is 0. The summed E-state index contributed by atoms with van der Waals surface area (Å²) in [6.45, 7) is 7.68. The Morgan fingerprint density at radius 1 is 1.12 bits per heavy atom. The molecule has 0 atom stereocenters. The van der Waals surface area contributed by atoms with E-state index in [0.717, 1.165) is 12.1 Å². The zero-order valence-electron chi connectivity index (χ0n) is 10.4. The molecular formula is C13H17N3O. The zero-order chi connectivity index (χ0) is 12.3. The van der Waals surface area contributed by atoms with Gasteiger partial charge in [-0.05, 0) is 32.5 Å². The molecule has 0 aliphatic heterocycles. The van der Waals surface area contributed by atoms with Gasteiger partial charge in [0.25, 0.3) is 0 Å². The van der Waals surface area contributed by atoms with E-state index in [1.807, 2.05) is 6.92 Å². The summed E-state index contributed by atoms with van der Waals surface area (Å²) >= 11 is 0. The van der Waals surface area contributed by atoms with Crippen molar-refractivity contribution in [2.45, 2.75) is 27.3 Å². The van der Waals surface area contributed by atoms with Crippen LogP contribution in [0.2, 0.25) is 0 Å². The van der Waals surface area contributed by atoms with Crippen LogP contribution in [0.5, 0.6) is 0 Å². The number of nitrogens with one attached hydrogen (secondary N) is 1. The van der Waals surface area contributed by atoms with Crippen molar-refractivity contribution >= 4 is 0 Å². The predicted octanol–water partition coefficient (Wildman–Crippen LogP) is 2.46. The standard InChI is InChI=1S/C13H17N3O/c1-4-14-8-12-15-16-13(17-12)11-6-9(2)5-10(3)7-11/h5-7,14H,4,8H2,1-3H3. The number of rotatable bonds is 4. The van der Waals surface area contributed by atoms with Gasteiger partial charge in [0.2, 0.25) is 11.8 Å². The Kier molecular flexibility index (Phi) is 3.54. The molecule has 4 nitrogen and oxygen atoms in total. The minimum Gasteiger partial charge on any atom is -0.419 e. The smallest absolute Gasteiger partial charge is 0.247 e. The molecular weight excluding hydrogens is 214 g/mol. The second kappa shape index (κ2) is 5.10.